The van der Waals surface area contributed by atoms with Gasteiger partial charge in [0.05, 0.1) is 6.10 Å². The molecule has 1 aliphatic rings. The zero-order chi connectivity index (χ0) is 9.26. The van der Waals surface area contributed by atoms with Crippen LogP contribution in [0, 0.1) is 5.82 Å². The van der Waals surface area contributed by atoms with Crippen molar-refractivity contribution < 1.29 is 9.50 Å². The molecule has 2 rings (SSSR count). The minimum Gasteiger partial charge on any atom is -0.392 e. The van der Waals surface area contributed by atoms with E-state index in [1.165, 1.54) is 12.1 Å². The van der Waals surface area contributed by atoms with Crippen molar-refractivity contribution in [3.05, 3.63) is 35.6 Å². The van der Waals surface area contributed by atoms with Crippen LogP contribution in [0.15, 0.2) is 24.3 Å². The van der Waals surface area contributed by atoms with Crippen LogP contribution in [-0.2, 0) is 0 Å². The summed E-state index contributed by atoms with van der Waals surface area (Å²) in [5.74, 6) is -0.0627. The molecule has 2 atom stereocenters. The smallest absolute Gasteiger partial charge is 0.123 e. The van der Waals surface area contributed by atoms with Crippen LogP contribution in [0.5, 0.6) is 0 Å². The highest BCUT2D eigenvalue weighted by atomic mass is 19.1. The van der Waals surface area contributed by atoms with E-state index in [-0.39, 0.29) is 17.8 Å². The Balaban J connectivity index is 2.24. The molecule has 13 heavy (non-hydrogen) atoms. The van der Waals surface area contributed by atoms with Gasteiger partial charge in [0, 0.05) is 5.92 Å². The molecule has 1 N–H and O–H groups in total. The van der Waals surface area contributed by atoms with E-state index in [0.29, 0.717) is 0 Å². The third-order valence-electron chi connectivity index (χ3n) is 2.76. The number of benzene rings is 1. The summed E-state index contributed by atoms with van der Waals surface area (Å²) >= 11 is 0. The Labute approximate surface area is 77.2 Å². The topological polar surface area (TPSA) is 20.2 Å². The molecule has 0 spiro atoms. The van der Waals surface area contributed by atoms with E-state index in [2.05, 4.69) is 0 Å². The molecular weight excluding hydrogens is 167 g/mol. The first-order valence-electron chi connectivity index (χ1n) is 4.71. The molecule has 2 heteroatoms. The molecule has 1 saturated carbocycles. The first-order chi connectivity index (χ1) is 6.27. The third-order valence-corrected chi connectivity index (χ3v) is 2.76. The van der Waals surface area contributed by atoms with Crippen LogP contribution in [0.1, 0.15) is 30.7 Å². The van der Waals surface area contributed by atoms with E-state index in [0.717, 1.165) is 24.8 Å². The van der Waals surface area contributed by atoms with Gasteiger partial charge in [0.1, 0.15) is 5.82 Å². The highest BCUT2D eigenvalue weighted by Gasteiger charge is 2.26. The summed E-state index contributed by atoms with van der Waals surface area (Å²) in [6, 6.07) is 6.56. The van der Waals surface area contributed by atoms with Gasteiger partial charge in [-0.3, -0.25) is 0 Å². The van der Waals surface area contributed by atoms with E-state index in [9.17, 15) is 9.50 Å². The maximum absolute atomic E-state index is 12.9. The third kappa shape index (κ3) is 1.73. The number of aliphatic hydroxyl groups is 1. The Morgan fingerprint density at radius 1 is 1.31 bits per heavy atom. The van der Waals surface area contributed by atoms with Crippen LogP contribution >= 0.6 is 0 Å². The number of rotatable bonds is 1. The van der Waals surface area contributed by atoms with E-state index in [4.69, 9.17) is 0 Å². The van der Waals surface area contributed by atoms with Gasteiger partial charge in [0.25, 0.3) is 0 Å². The fourth-order valence-electron chi connectivity index (χ4n) is 2.07. The monoisotopic (exact) mass is 180 g/mol. The molecule has 1 aromatic carbocycles. The minimum absolute atomic E-state index is 0.149. The lowest BCUT2D eigenvalue weighted by atomic mass is 9.96. The summed E-state index contributed by atoms with van der Waals surface area (Å²) in [6.07, 6.45) is 2.59. The van der Waals surface area contributed by atoms with Gasteiger partial charge in [-0.15, -0.1) is 0 Å². The molecule has 0 saturated heterocycles. The predicted molar refractivity (Wildman–Crippen MR) is 49.0 cm³/mol. The van der Waals surface area contributed by atoms with E-state index < -0.39 is 0 Å². The standard InChI is InChI=1S/C11H13FO/c12-9-4-1-3-8(7-9)10-5-2-6-11(10)13/h1,3-4,7,10-11,13H,2,5-6H2/t10-,11+/m1/s1. The van der Waals surface area contributed by atoms with Gasteiger partial charge >= 0.3 is 0 Å². The van der Waals surface area contributed by atoms with Crippen molar-refractivity contribution >= 4 is 0 Å². The van der Waals surface area contributed by atoms with Gasteiger partial charge in [-0.1, -0.05) is 18.6 Å². The summed E-state index contributed by atoms with van der Waals surface area (Å²) < 4.78 is 12.9. The highest BCUT2D eigenvalue weighted by Crippen LogP contribution is 2.34. The van der Waals surface area contributed by atoms with Crippen molar-refractivity contribution in [2.45, 2.75) is 31.3 Å². The lowest BCUT2D eigenvalue weighted by molar-refractivity contribution is 0.163. The quantitative estimate of drug-likeness (QED) is 0.703. The molecule has 1 aliphatic carbocycles. The van der Waals surface area contributed by atoms with Crippen molar-refractivity contribution in [1.82, 2.24) is 0 Å². The van der Waals surface area contributed by atoms with Crippen molar-refractivity contribution in [2.75, 3.05) is 0 Å². The average molecular weight is 180 g/mol. The Bertz CT molecular complexity index is 298. The molecule has 0 bridgehead atoms. The second-order valence-electron chi connectivity index (χ2n) is 3.66. The zero-order valence-corrected chi connectivity index (χ0v) is 7.41. The van der Waals surface area contributed by atoms with Crippen LogP contribution in [0.2, 0.25) is 0 Å². The summed E-state index contributed by atoms with van der Waals surface area (Å²) in [7, 11) is 0. The van der Waals surface area contributed by atoms with E-state index in [1.807, 2.05) is 6.07 Å². The lowest BCUT2D eigenvalue weighted by Gasteiger charge is -2.14. The predicted octanol–water partition coefficient (Wildman–Crippen LogP) is 2.45. The normalized spacial score (nSPS) is 27.8. The zero-order valence-electron chi connectivity index (χ0n) is 7.41. The van der Waals surface area contributed by atoms with Crippen molar-refractivity contribution in [3.8, 4) is 0 Å². The van der Waals surface area contributed by atoms with Gasteiger partial charge in [0.2, 0.25) is 0 Å². The first-order valence-corrected chi connectivity index (χ1v) is 4.71. The molecule has 0 radical (unpaired) electrons. The SMILES string of the molecule is O[C@H]1CCC[C@@H]1c1cccc(F)c1. The molecular formula is C11H13FO. The maximum Gasteiger partial charge on any atom is 0.123 e. The summed E-state index contributed by atoms with van der Waals surface area (Å²) in [5, 5.41) is 9.61. The fourth-order valence-corrected chi connectivity index (χ4v) is 2.07. The molecule has 0 heterocycles. The van der Waals surface area contributed by atoms with Crippen molar-refractivity contribution in [3.63, 3.8) is 0 Å². The van der Waals surface area contributed by atoms with Gasteiger partial charge < -0.3 is 5.11 Å². The van der Waals surface area contributed by atoms with Crippen LogP contribution < -0.4 is 0 Å². The average Bonchev–Trinajstić information content (AvgIpc) is 2.51. The second kappa shape index (κ2) is 3.46. The first kappa shape index (κ1) is 8.70. The molecule has 70 valence electrons. The Morgan fingerprint density at radius 2 is 2.15 bits per heavy atom. The highest BCUT2D eigenvalue weighted by molar-refractivity contribution is 5.22. The van der Waals surface area contributed by atoms with Gasteiger partial charge in [-0.05, 0) is 30.5 Å². The van der Waals surface area contributed by atoms with E-state index >= 15 is 0 Å². The molecule has 1 fully saturated rings. The maximum atomic E-state index is 12.9. The second-order valence-corrected chi connectivity index (χ2v) is 3.66. The van der Waals surface area contributed by atoms with Gasteiger partial charge in [-0.25, -0.2) is 4.39 Å². The number of hydrogen-bond donors (Lipinski definition) is 1. The summed E-state index contributed by atoms with van der Waals surface area (Å²) in [4.78, 5) is 0. The largest absolute Gasteiger partial charge is 0.392 e. The summed E-state index contributed by atoms with van der Waals surface area (Å²) in [5.41, 5.74) is 0.935. The fraction of sp³-hybridized carbons (Fsp3) is 0.455. The Kier molecular flexibility index (Phi) is 2.32. The Morgan fingerprint density at radius 3 is 2.77 bits per heavy atom. The summed E-state index contributed by atoms with van der Waals surface area (Å²) in [6.45, 7) is 0. The van der Waals surface area contributed by atoms with Crippen LogP contribution in [0.4, 0.5) is 4.39 Å². The lowest BCUT2D eigenvalue weighted by Crippen LogP contribution is -2.10. The molecule has 1 aromatic rings. The molecule has 0 aliphatic heterocycles. The van der Waals surface area contributed by atoms with Crippen LogP contribution in [-0.4, -0.2) is 11.2 Å². The number of hydrogen-bond acceptors (Lipinski definition) is 1. The van der Waals surface area contributed by atoms with E-state index in [1.54, 1.807) is 6.07 Å². The van der Waals surface area contributed by atoms with Crippen LogP contribution in [0.25, 0.3) is 0 Å². The molecule has 1 nitrogen and oxygen atoms in total. The molecule has 0 amide bonds. The van der Waals surface area contributed by atoms with Crippen LogP contribution in [0.3, 0.4) is 0 Å². The number of aliphatic hydroxyl groups excluding tert-OH is 1. The minimum atomic E-state index is -0.276. The van der Waals surface area contributed by atoms with Gasteiger partial charge in [0.15, 0.2) is 0 Å². The molecule has 0 aromatic heterocycles. The van der Waals surface area contributed by atoms with Gasteiger partial charge in [-0.2, -0.15) is 0 Å². The number of halogens is 1. The van der Waals surface area contributed by atoms with Crippen molar-refractivity contribution in [1.29, 1.82) is 0 Å². The Hall–Kier alpha value is -0.890. The van der Waals surface area contributed by atoms with Crippen molar-refractivity contribution in [2.24, 2.45) is 0 Å². The molecule has 0 unspecified atom stereocenters.